The molecule has 0 aromatic carbocycles. The molecule has 3 heterocycles. The lowest BCUT2D eigenvalue weighted by atomic mass is 10.2. The molecule has 5 nitrogen and oxygen atoms in total. The van der Waals surface area contributed by atoms with Crippen LogP contribution < -0.4 is 4.90 Å². The van der Waals surface area contributed by atoms with Crippen molar-refractivity contribution in [1.82, 2.24) is 19.9 Å². The van der Waals surface area contributed by atoms with E-state index in [4.69, 9.17) is 4.98 Å². The van der Waals surface area contributed by atoms with E-state index in [1.807, 2.05) is 24.7 Å². The smallest absolute Gasteiger partial charge is 0.133 e. The largest absolute Gasteiger partial charge is 0.354 e. The first-order valence-corrected chi connectivity index (χ1v) is 8.07. The molecule has 1 saturated carbocycles. The molecular formula is C17H21N5. The van der Waals surface area contributed by atoms with Crippen molar-refractivity contribution in [1.29, 1.82) is 0 Å². The zero-order valence-electron chi connectivity index (χ0n) is 12.7. The first-order valence-electron chi connectivity index (χ1n) is 8.07. The second kappa shape index (κ2) is 6.01. The van der Waals surface area contributed by atoms with E-state index in [9.17, 15) is 0 Å². The average Bonchev–Trinajstić information content (AvgIpc) is 3.42. The number of aromatic nitrogens is 3. The van der Waals surface area contributed by atoms with E-state index in [0.717, 1.165) is 44.4 Å². The van der Waals surface area contributed by atoms with Crippen LogP contribution in [0.1, 0.15) is 30.1 Å². The Morgan fingerprint density at radius 3 is 2.45 bits per heavy atom. The van der Waals surface area contributed by atoms with E-state index in [-0.39, 0.29) is 0 Å². The summed E-state index contributed by atoms with van der Waals surface area (Å²) in [7, 11) is 0. The average molecular weight is 295 g/mol. The number of nitrogens with zero attached hydrogens (tertiary/aromatic N) is 5. The van der Waals surface area contributed by atoms with Crippen LogP contribution in [0.3, 0.4) is 0 Å². The number of piperazine rings is 1. The van der Waals surface area contributed by atoms with Gasteiger partial charge >= 0.3 is 0 Å². The molecule has 114 valence electrons. The van der Waals surface area contributed by atoms with Crippen LogP contribution >= 0.6 is 0 Å². The Morgan fingerprint density at radius 1 is 0.955 bits per heavy atom. The molecule has 22 heavy (non-hydrogen) atoms. The molecule has 0 atom stereocenters. The van der Waals surface area contributed by atoms with Gasteiger partial charge in [0.1, 0.15) is 11.6 Å². The predicted molar refractivity (Wildman–Crippen MR) is 85.7 cm³/mol. The molecule has 0 spiro atoms. The molecule has 0 bridgehead atoms. The highest BCUT2D eigenvalue weighted by atomic mass is 15.3. The summed E-state index contributed by atoms with van der Waals surface area (Å²) >= 11 is 0. The van der Waals surface area contributed by atoms with Crippen LogP contribution in [0.5, 0.6) is 0 Å². The van der Waals surface area contributed by atoms with Crippen molar-refractivity contribution in [2.24, 2.45) is 0 Å². The van der Waals surface area contributed by atoms with Crippen molar-refractivity contribution in [2.45, 2.75) is 25.3 Å². The summed E-state index contributed by atoms with van der Waals surface area (Å²) in [5.74, 6) is 2.75. The van der Waals surface area contributed by atoms with E-state index >= 15 is 0 Å². The topological polar surface area (TPSA) is 45.2 Å². The predicted octanol–water partition coefficient (Wildman–Crippen LogP) is 2.07. The lowest BCUT2D eigenvalue weighted by molar-refractivity contribution is 0.249. The van der Waals surface area contributed by atoms with Gasteiger partial charge < -0.3 is 4.90 Å². The molecule has 1 aliphatic heterocycles. The number of hydrogen-bond acceptors (Lipinski definition) is 5. The zero-order valence-corrected chi connectivity index (χ0v) is 12.7. The Morgan fingerprint density at radius 2 is 1.73 bits per heavy atom. The van der Waals surface area contributed by atoms with Gasteiger partial charge in [-0.05, 0) is 36.6 Å². The van der Waals surface area contributed by atoms with Crippen molar-refractivity contribution >= 4 is 5.82 Å². The molecule has 0 N–H and O–H groups in total. The Bertz CT molecular complexity index is 618. The molecule has 5 heteroatoms. The standard InChI is InChI=1S/C17H21N5/c1-2-15(1)17-19-8-5-16(20-17)22-11-9-21(10-12-22)13-14-3-6-18-7-4-14/h3-8,15H,1-2,9-13H2. The lowest BCUT2D eigenvalue weighted by Gasteiger charge is -2.35. The molecular weight excluding hydrogens is 274 g/mol. The van der Waals surface area contributed by atoms with Crippen molar-refractivity contribution < 1.29 is 0 Å². The van der Waals surface area contributed by atoms with Crippen LogP contribution in [0.4, 0.5) is 5.82 Å². The van der Waals surface area contributed by atoms with Gasteiger partial charge in [0, 0.05) is 57.2 Å². The van der Waals surface area contributed by atoms with Gasteiger partial charge in [0.25, 0.3) is 0 Å². The van der Waals surface area contributed by atoms with Crippen molar-refractivity contribution in [2.75, 3.05) is 31.1 Å². The molecule has 0 amide bonds. The van der Waals surface area contributed by atoms with Crippen LogP contribution in [-0.2, 0) is 6.54 Å². The van der Waals surface area contributed by atoms with Crippen LogP contribution in [0.25, 0.3) is 0 Å². The highest BCUT2D eigenvalue weighted by Gasteiger charge is 2.27. The maximum absolute atomic E-state index is 4.76. The van der Waals surface area contributed by atoms with Crippen LogP contribution in [-0.4, -0.2) is 46.0 Å². The number of anilines is 1. The lowest BCUT2D eigenvalue weighted by Crippen LogP contribution is -2.46. The molecule has 2 aliphatic rings. The fourth-order valence-corrected chi connectivity index (χ4v) is 2.96. The fraction of sp³-hybridized carbons (Fsp3) is 0.471. The van der Waals surface area contributed by atoms with Crippen LogP contribution in [0.15, 0.2) is 36.8 Å². The van der Waals surface area contributed by atoms with Gasteiger partial charge in [0.05, 0.1) is 0 Å². The minimum atomic E-state index is 0.618. The molecule has 1 aliphatic carbocycles. The quantitative estimate of drug-likeness (QED) is 0.864. The van der Waals surface area contributed by atoms with Crippen molar-refractivity contribution in [3.63, 3.8) is 0 Å². The third-order valence-electron chi connectivity index (χ3n) is 4.45. The normalized spacial score (nSPS) is 19.4. The maximum Gasteiger partial charge on any atom is 0.133 e. The summed E-state index contributed by atoms with van der Waals surface area (Å²) in [6.07, 6.45) is 8.16. The third-order valence-corrected chi connectivity index (χ3v) is 4.45. The molecule has 0 radical (unpaired) electrons. The van der Waals surface area contributed by atoms with Crippen LogP contribution in [0, 0.1) is 0 Å². The van der Waals surface area contributed by atoms with Gasteiger partial charge in [-0.25, -0.2) is 9.97 Å². The van der Waals surface area contributed by atoms with Gasteiger partial charge in [-0.1, -0.05) is 0 Å². The Balaban J connectivity index is 1.36. The molecule has 4 rings (SSSR count). The van der Waals surface area contributed by atoms with E-state index in [1.165, 1.54) is 18.4 Å². The third kappa shape index (κ3) is 3.09. The molecule has 1 saturated heterocycles. The molecule has 2 fully saturated rings. The fourth-order valence-electron chi connectivity index (χ4n) is 2.96. The summed E-state index contributed by atoms with van der Waals surface area (Å²) in [5, 5.41) is 0. The number of rotatable bonds is 4. The zero-order chi connectivity index (χ0) is 14.8. The highest BCUT2D eigenvalue weighted by Crippen LogP contribution is 2.38. The van der Waals surface area contributed by atoms with Crippen molar-refractivity contribution in [3.05, 3.63) is 48.2 Å². The second-order valence-electron chi connectivity index (χ2n) is 6.17. The maximum atomic E-state index is 4.76. The van der Waals surface area contributed by atoms with Gasteiger partial charge in [-0.3, -0.25) is 9.88 Å². The molecule has 2 aromatic heterocycles. The summed E-state index contributed by atoms with van der Waals surface area (Å²) in [6, 6.07) is 6.24. The Hall–Kier alpha value is -2.01. The minimum absolute atomic E-state index is 0.618. The summed E-state index contributed by atoms with van der Waals surface area (Å²) in [5.41, 5.74) is 1.33. The van der Waals surface area contributed by atoms with Gasteiger partial charge in [-0.2, -0.15) is 0 Å². The van der Waals surface area contributed by atoms with Gasteiger partial charge in [0.2, 0.25) is 0 Å². The van der Waals surface area contributed by atoms with E-state index in [2.05, 4.69) is 31.9 Å². The van der Waals surface area contributed by atoms with E-state index in [1.54, 1.807) is 0 Å². The number of pyridine rings is 1. The summed E-state index contributed by atoms with van der Waals surface area (Å²) in [6.45, 7) is 5.22. The summed E-state index contributed by atoms with van der Waals surface area (Å²) in [4.78, 5) is 18.1. The van der Waals surface area contributed by atoms with Gasteiger partial charge in [-0.15, -0.1) is 0 Å². The van der Waals surface area contributed by atoms with Crippen molar-refractivity contribution in [3.8, 4) is 0 Å². The van der Waals surface area contributed by atoms with Gasteiger partial charge in [0.15, 0.2) is 0 Å². The SMILES string of the molecule is c1cc(CN2CCN(c3ccnc(C4CC4)n3)CC2)ccn1. The molecule has 0 unspecified atom stereocenters. The Kier molecular flexibility index (Phi) is 3.72. The first kappa shape index (κ1) is 13.6. The second-order valence-corrected chi connectivity index (χ2v) is 6.17. The summed E-state index contributed by atoms with van der Waals surface area (Å²) < 4.78 is 0. The van der Waals surface area contributed by atoms with Crippen LogP contribution in [0.2, 0.25) is 0 Å². The monoisotopic (exact) mass is 295 g/mol. The highest BCUT2D eigenvalue weighted by molar-refractivity contribution is 5.38. The first-order chi connectivity index (χ1) is 10.9. The minimum Gasteiger partial charge on any atom is -0.354 e. The molecule has 2 aromatic rings. The Labute approximate surface area is 131 Å². The van der Waals surface area contributed by atoms with E-state index < -0.39 is 0 Å². The number of hydrogen-bond donors (Lipinski definition) is 0. The van der Waals surface area contributed by atoms with E-state index in [0.29, 0.717) is 5.92 Å².